The molecular formula is C25H16Cl3NO4S. The van der Waals surface area contributed by atoms with E-state index in [2.05, 4.69) is 5.32 Å². The Bertz CT molecular complexity index is 1350. The Morgan fingerprint density at radius 3 is 2.24 bits per heavy atom. The number of carboxylic acid groups (broad SMARTS) is 1. The number of thiophene rings is 1. The van der Waals surface area contributed by atoms with E-state index in [1.807, 2.05) is 12.1 Å². The Morgan fingerprint density at radius 2 is 1.59 bits per heavy atom. The van der Waals surface area contributed by atoms with Crippen molar-refractivity contribution in [3.05, 3.63) is 105 Å². The first kappa shape index (κ1) is 24.1. The number of benzene rings is 3. The number of ether oxygens (including phenoxy) is 1. The molecule has 0 aliphatic rings. The molecule has 1 amide bonds. The third kappa shape index (κ3) is 5.54. The van der Waals surface area contributed by atoms with Gasteiger partial charge in [-0.3, -0.25) is 4.79 Å². The van der Waals surface area contributed by atoms with E-state index in [4.69, 9.17) is 39.5 Å². The summed E-state index contributed by atoms with van der Waals surface area (Å²) in [5.41, 5.74) is 1.81. The highest BCUT2D eigenvalue weighted by Gasteiger charge is 2.19. The highest BCUT2D eigenvalue weighted by molar-refractivity contribution is 7.20. The molecule has 0 spiro atoms. The molecule has 172 valence electrons. The molecule has 2 N–H and O–H groups in total. The summed E-state index contributed by atoms with van der Waals surface area (Å²) in [5.74, 6) is -0.981. The maximum absolute atomic E-state index is 12.6. The van der Waals surface area contributed by atoms with Crippen LogP contribution in [-0.2, 0) is 6.61 Å². The number of nitrogens with one attached hydrogen (secondary N) is 1. The largest absolute Gasteiger partial charge is 0.489 e. The summed E-state index contributed by atoms with van der Waals surface area (Å²) in [6.45, 7) is 0.208. The average molecular weight is 533 g/mol. The second-order valence-electron chi connectivity index (χ2n) is 7.14. The lowest BCUT2D eigenvalue weighted by molar-refractivity contribution is 0.0698. The first-order valence-corrected chi connectivity index (χ1v) is 11.9. The van der Waals surface area contributed by atoms with Gasteiger partial charge >= 0.3 is 5.97 Å². The molecular weight excluding hydrogens is 517 g/mol. The number of carboxylic acids is 1. The van der Waals surface area contributed by atoms with E-state index in [-0.39, 0.29) is 17.2 Å². The van der Waals surface area contributed by atoms with Gasteiger partial charge in [0.1, 0.15) is 17.4 Å². The van der Waals surface area contributed by atoms with E-state index in [1.165, 1.54) is 23.5 Å². The molecule has 0 saturated heterocycles. The first-order valence-electron chi connectivity index (χ1n) is 9.92. The number of carbonyl (C=O) groups is 2. The van der Waals surface area contributed by atoms with Crippen molar-refractivity contribution in [2.24, 2.45) is 0 Å². The van der Waals surface area contributed by atoms with Gasteiger partial charge in [0.15, 0.2) is 0 Å². The van der Waals surface area contributed by atoms with Crippen molar-refractivity contribution in [1.29, 1.82) is 0 Å². The van der Waals surface area contributed by atoms with Gasteiger partial charge in [0, 0.05) is 31.1 Å². The summed E-state index contributed by atoms with van der Waals surface area (Å²) in [7, 11) is 0. The molecule has 0 saturated carbocycles. The predicted octanol–water partition coefficient (Wildman–Crippen LogP) is 7.90. The van der Waals surface area contributed by atoms with Crippen molar-refractivity contribution in [1.82, 2.24) is 0 Å². The first-order chi connectivity index (χ1) is 16.3. The van der Waals surface area contributed by atoms with E-state index >= 15 is 0 Å². The van der Waals surface area contributed by atoms with Crippen molar-refractivity contribution in [3.8, 4) is 16.2 Å². The fourth-order valence-electron chi connectivity index (χ4n) is 3.13. The van der Waals surface area contributed by atoms with E-state index < -0.39 is 11.9 Å². The molecule has 1 aromatic heterocycles. The van der Waals surface area contributed by atoms with Crippen LogP contribution in [0.1, 0.15) is 26.3 Å². The maximum Gasteiger partial charge on any atom is 0.338 e. The Morgan fingerprint density at radius 1 is 0.912 bits per heavy atom. The summed E-state index contributed by atoms with van der Waals surface area (Å²) in [6, 6.07) is 20.4. The van der Waals surface area contributed by atoms with Gasteiger partial charge in [0.25, 0.3) is 5.91 Å². The van der Waals surface area contributed by atoms with Crippen LogP contribution in [0.5, 0.6) is 5.75 Å². The van der Waals surface area contributed by atoms with Crippen molar-refractivity contribution in [3.63, 3.8) is 0 Å². The Balaban J connectivity index is 1.51. The van der Waals surface area contributed by atoms with Crippen molar-refractivity contribution < 1.29 is 19.4 Å². The highest BCUT2D eigenvalue weighted by Crippen LogP contribution is 2.37. The lowest BCUT2D eigenvalue weighted by Crippen LogP contribution is -2.13. The van der Waals surface area contributed by atoms with Crippen LogP contribution in [0.3, 0.4) is 0 Å². The lowest BCUT2D eigenvalue weighted by atomic mass is 10.1. The molecule has 0 unspecified atom stereocenters. The van der Waals surface area contributed by atoms with Crippen LogP contribution in [0.4, 0.5) is 5.00 Å². The van der Waals surface area contributed by atoms with E-state index in [0.717, 1.165) is 5.56 Å². The monoisotopic (exact) mass is 531 g/mol. The van der Waals surface area contributed by atoms with E-state index in [1.54, 1.807) is 48.5 Å². The molecule has 0 atom stereocenters. The summed E-state index contributed by atoms with van der Waals surface area (Å²) >= 11 is 19.5. The number of rotatable bonds is 7. The van der Waals surface area contributed by atoms with E-state index in [9.17, 15) is 14.7 Å². The molecule has 34 heavy (non-hydrogen) atoms. The quantitative estimate of drug-likeness (QED) is 0.254. The number of hydrogen-bond acceptors (Lipinski definition) is 4. The van der Waals surface area contributed by atoms with Crippen LogP contribution in [0, 0.1) is 0 Å². The topological polar surface area (TPSA) is 75.6 Å². The minimum absolute atomic E-state index is 0.00376. The number of amides is 1. The third-order valence-electron chi connectivity index (χ3n) is 4.86. The van der Waals surface area contributed by atoms with Crippen LogP contribution in [-0.4, -0.2) is 17.0 Å². The Labute approximate surface area is 214 Å². The van der Waals surface area contributed by atoms with Crippen LogP contribution < -0.4 is 10.1 Å². The molecule has 4 rings (SSSR count). The fraction of sp³-hybridized carbons (Fsp3) is 0.0400. The molecule has 5 nitrogen and oxygen atoms in total. The summed E-state index contributed by atoms with van der Waals surface area (Å²) in [4.78, 5) is 25.0. The second-order valence-corrected chi connectivity index (χ2v) is 9.44. The zero-order chi connectivity index (χ0) is 24.2. The smallest absolute Gasteiger partial charge is 0.338 e. The van der Waals surface area contributed by atoms with Crippen LogP contribution in [0.25, 0.3) is 10.4 Å². The SMILES string of the molecule is O=C(Nc1sc(-c2ccc(OCc3c(Cl)cccc3Cl)cc2)cc1C(=O)O)c1cccc(Cl)c1. The molecule has 3 aromatic carbocycles. The fourth-order valence-corrected chi connectivity index (χ4v) is 4.88. The second kappa shape index (κ2) is 10.5. The predicted molar refractivity (Wildman–Crippen MR) is 137 cm³/mol. The number of anilines is 1. The summed E-state index contributed by atoms with van der Waals surface area (Å²) < 4.78 is 5.80. The molecule has 1 heterocycles. The molecule has 0 fully saturated rings. The van der Waals surface area contributed by atoms with Gasteiger partial charge in [-0.25, -0.2) is 4.79 Å². The average Bonchev–Trinajstić information content (AvgIpc) is 3.23. The van der Waals surface area contributed by atoms with Gasteiger partial charge in [-0.1, -0.05) is 46.9 Å². The Hall–Kier alpha value is -3.03. The minimum Gasteiger partial charge on any atom is -0.489 e. The molecule has 9 heteroatoms. The maximum atomic E-state index is 12.6. The van der Waals surface area contributed by atoms with Crippen molar-refractivity contribution in [2.75, 3.05) is 5.32 Å². The van der Waals surface area contributed by atoms with Gasteiger partial charge < -0.3 is 15.2 Å². The molecule has 0 radical (unpaired) electrons. The van der Waals surface area contributed by atoms with Crippen LogP contribution in [0.2, 0.25) is 15.1 Å². The van der Waals surface area contributed by atoms with Gasteiger partial charge in [-0.05, 0) is 66.2 Å². The van der Waals surface area contributed by atoms with E-state index in [0.29, 0.717) is 36.8 Å². The lowest BCUT2D eigenvalue weighted by Gasteiger charge is -2.10. The Kier molecular flexibility index (Phi) is 7.44. The van der Waals surface area contributed by atoms with Gasteiger partial charge in [0.05, 0.1) is 5.56 Å². The normalized spacial score (nSPS) is 10.7. The molecule has 4 aromatic rings. The number of carbonyl (C=O) groups excluding carboxylic acids is 1. The van der Waals surface area contributed by atoms with Crippen LogP contribution in [0.15, 0.2) is 72.8 Å². The van der Waals surface area contributed by atoms with Crippen LogP contribution >= 0.6 is 46.1 Å². The number of aromatic carboxylic acids is 1. The zero-order valence-corrected chi connectivity index (χ0v) is 20.4. The van der Waals surface area contributed by atoms with Crippen molar-refractivity contribution >= 4 is 63.0 Å². The summed E-state index contributed by atoms with van der Waals surface area (Å²) in [5, 5.41) is 14.0. The van der Waals surface area contributed by atoms with Gasteiger partial charge in [-0.2, -0.15) is 0 Å². The molecule has 0 bridgehead atoms. The standard InChI is InChI=1S/C25H16Cl3NO4S/c26-16-4-1-3-15(11-16)23(30)29-24-18(25(31)32)12-22(34-24)14-7-9-17(10-8-14)33-13-19-20(27)5-2-6-21(19)28/h1-12H,13H2,(H,29,30)(H,31,32). The number of hydrogen-bond donors (Lipinski definition) is 2. The zero-order valence-electron chi connectivity index (χ0n) is 17.3. The third-order valence-corrected chi connectivity index (χ3v) is 6.90. The highest BCUT2D eigenvalue weighted by atomic mass is 35.5. The summed E-state index contributed by atoms with van der Waals surface area (Å²) in [6.07, 6.45) is 0. The minimum atomic E-state index is -1.14. The van der Waals surface area contributed by atoms with Gasteiger partial charge in [0.2, 0.25) is 0 Å². The van der Waals surface area contributed by atoms with Gasteiger partial charge in [-0.15, -0.1) is 11.3 Å². The molecule has 0 aliphatic carbocycles. The van der Waals surface area contributed by atoms with Crippen molar-refractivity contribution in [2.45, 2.75) is 6.61 Å². The number of halogens is 3. The molecule has 0 aliphatic heterocycles.